The molecule has 0 fully saturated rings. The molecule has 0 aromatic heterocycles. The van der Waals surface area contributed by atoms with Gasteiger partial charge in [0.2, 0.25) is 10.0 Å². The van der Waals surface area contributed by atoms with Crippen LogP contribution in [-0.4, -0.2) is 8.42 Å². The molecule has 0 unspecified atom stereocenters. The Kier molecular flexibility index (Phi) is 1.89. The molecule has 0 radical (unpaired) electrons. The second-order valence-corrected chi connectivity index (χ2v) is 4.82. The molecule has 13 heavy (non-hydrogen) atoms. The fraction of sp³-hybridized carbons (Fsp3) is 0.333. The number of hydrogen-bond acceptors (Lipinski definition) is 2. The molecule has 0 amide bonds. The van der Waals surface area contributed by atoms with E-state index >= 15 is 0 Å². The second kappa shape index (κ2) is 2.82. The van der Waals surface area contributed by atoms with Gasteiger partial charge in [-0.2, -0.15) is 0 Å². The zero-order valence-electron chi connectivity index (χ0n) is 7.16. The number of hydrogen-bond donors (Lipinski definition) is 1. The third-order valence-electron chi connectivity index (χ3n) is 2.41. The first kappa shape index (κ1) is 8.72. The SMILES string of the molecule is NS(=O)(=O)c1cccc2c1CCC2. The zero-order chi connectivity index (χ0) is 9.47. The van der Waals surface area contributed by atoms with Crippen LogP contribution in [0.4, 0.5) is 0 Å². The van der Waals surface area contributed by atoms with Gasteiger partial charge in [0.15, 0.2) is 0 Å². The predicted octanol–water partition coefficient (Wildman–Crippen LogP) is 0.823. The van der Waals surface area contributed by atoms with Crippen LogP contribution in [-0.2, 0) is 22.9 Å². The van der Waals surface area contributed by atoms with Crippen LogP contribution in [0.5, 0.6) is 0 Å². The van der Waals surface area contributed by atoms with E-state index in [0.717, 1.165) is 30.4 Å². The van der Waals surface area contributed by atoms with Crippen molar-refractivity contribution in [3.05, 3.63) is 29.3 Å². The van der Waals surface area contributed by atoms with Gasteiger partial charge in [0.1, 0.15) is 0 Å². The molecular weight excluding hydrogens is 186 g/mol. The molecular formula is C9H11NO2S. The van der Waals surface area contributed by atoms with Gasteiger partial charge >= 0.3 is 0 Å². The Hall–Kier alpha value is -0.870. The highest BCUT2D eigenvalue weighted by atomic mass is 32.2. The van der Waals surface area contributed by atoms with Gasteiger partial charge < -0.3 is 0 Å². The van der Waals surface area contributed by atoms with E-state index in [1.165, 1.54) is 0 Å². The number of benzene rings is 1. The summed E-state index contributed by atoms with van der Waals surface area (Å²) in [6, 6.07) is 5.31. The van der Waals surface area contributed by atoms with E-state index in [0.29, 0.717) is 4.90 Å². The maximum Gasteiger partial charge on any atom is 0.238 e. The number of fused-ring (bicyclic) bond motifs is 1. The van der Waals surface area contributed by atoms with Gasteiger partial charge in [0, 0.05) is 0 Å². The van der Waals surface area contributed by atoms with Gasteiger partial charge in [-0.1, -0.05) is 12.1 Å². The number of aryl methyl sites for hydroxylation is 1. The van der Waals surface area contributed by atoms with Gasteiger partial charge in [0.05, 0.1) is 4.90 Å². The summed E-state index contributed by atoms with van der Waals surface area (Å²) < 4.78 is 22.3. The molecule has 0 atom stereocenters. The fourth-order valence-corrected chi connectivity index (χ4v) is 2.70. The maximum absolute atomic E-state index is 11.2. The van der Waals surface area contributed by atoms with Crippen molar-refractivity contribution in [3.8, 4) is 0 Å². The lowest BCUT2D eigenvalue weighted by Crippen LogP contribution is -2.14. The molecule has 0 saturated heterocycles. The van der Waals surface area contributed by atoms with Gasteiger partial charge in [-0.05, 0) is 36.5 Å². The second-order valence-electron chi connectivity index (χ2n) is 3.29. The third kappa shape index (κ3) is 1.47. The third-order valence-corrected chi connectivity index (χ3v) is 3.41. The standard InChI is InChI=1S/C9H11NO2S/c10-13(11,12)9-6-2-4-7-3-1-5-8(7)9/h2,4,6H,1,3,5H2,(H2,10,11,12). The summed E-state index contributed by atoms with van der Waals surface area (Å²) in [5.41, 5.74) is 2.05. The van der Waals surface area contributed by atoms with E-state index in [1.807, 2.05) is 6.07 Å². The van der Waals surface area contributed by atoms with Crippen LogP contribution < -0.4 is 5.14 Å². The summed E-state index contributed by atoms with van der Waals surface area (Å²) in [7, 11) is -3.53. The molecule has 1 aliphatic rings. The van der Waals surface area contributed by atoms with E-state index in [1.54, 1.807) is 12.1 Å². The van der Waals surface area contributed by atoms with Crippen LogP contribution in [0.15, 0.2) is 23.1 Å². The van der Waals surface area contributed by atoms with E-state index in [4.69, 9.17) is 5.14 Å². The highest BCUT2D eigenvalue weighted by Crippen LogP contribution is 2.27. The Balaban J connectivity index is 2.67. The number of rotatable bonds is 1. The number of primary sulfonamides is 1. The highest BCUT2D eigenvalue weighted by Gasteiger charge is 2.19. The largest absolute Gasteiger partial charge is 0.238 e. The van der Waals surface area contributed by atoms with Crippen LogP contribution in [0.2, 0.25) is 0 Å². The van der Waals surface area contributed by atoms with Gasteiger partial charge in [-0.25, -0.2) is 13.6 Å². The molecule has 0 heterocycles. The molecule has 0 bridgehead atoms. The minimum atomic E-state index is -3.53. The average molecular weight is 197 g/mol. The Labute approximate surface area is 77.6 Å². The summed E-state index contributed by atoms with van der Waals surface area (Å²) in [4.78, 5) is 0.308. The molecule has 0 aliphatic heterocycles. The lowest BCUT2D eigenvalue weighted by molar-refractivity contribution is 0.597. The molecule has 70 valence electrons. The Bertz CT molecular complexity index is 437. The first-order valence-corrected chi connectivity index (χ1v) is 5.77. The van der Waals surface area contributed by atoms with Crippen molar-refractivity contribution in [2.45, 2.75) is 24.2 Å². The van der Waals surface area contributed by atoms with Crippen molar-refractivity contribution < 1.29 is 8.42 Å². The minimum Gasteiger partial charge on any atom is -0.225 e. The molecule has 1 aliphatic carbocycles. The van der Waals surface area contributed by atoms with Crippen molar-refractivity contribution in [1.82, 2.24) is 0 Å². The van der Waals surface area contributed by atoms with Crippen molar-refractivity contribution in [2.75, 3.05) is 0 Å². The average Bonchev–Trinajstić information content (AvgIpc) is 2.48. The molecule has 2 N–H and O–H groups in total. The summed E-state index contributed by atoms with van der Waals surface area (Å²) in [6.07, 6.45) is 2.84. The molecule has 4 heteroatoms. The molecule has 3 nitrogen and oxygen atoms in total. The molecule has 0 saturated carbocycles. The highest BCUT2D eigenvalue weighted by molar-refractivity contribution is 7.89. The van der Waals surface area contributed by atoms with Crippen molar-refractivity contribution >= 4 is 10.0 Å². The minimum absolute atomic E-state index is 0.308. The summed E-state index contributed by atoms with van der Waals surface area (Å²) in [5, 5.41) is 5.10. The van der Waals surface area contributed by atoms with Crippen LogP contribution in [0.3, 0.4) is 0 Å². The molecule has 0 spiro atoms. The lowest BCUT2D eigenvalue weighted by atomic mass is 10.1. The van der Waals surface area contributed by atoms with Crippen LogP contribution in [0, 0.1) is 0 Å². The van der Waals surface area contributed by atoms with Crippen molar-refractivity contribution in [3.63, 3.8) is 0 Å². The number of nitrogens with two attached hydrogens (primary N) is 1. The van der Waals surface area contributed by atoms with Crippen LogP contribution in [0.25, 0.3) is 0 Å². The predicted molar refractivity (Wildman–Crippen MR) is 49.8 cm³/mol. The van der Waals surface area contributed by atoms with Gasteiger partial charge in [-0.3, -0.25) is 0 Å². The van der Waals surface area contributed by atoms with Crippen LogP contribution in [0.1, 0.15) is 17.5 Å². The topological polar surface area (TPSA) is 60.2 Å². The summed E-state index contributed by atoms with van der Waals surface area (Å²) >= 11 is 0. The van der Waals surface area contributed by atoms with E-state index in [-0.39, 0.29) is 0 Å². The van der Waals surface area contributed by atoms with Crippen molar-refractivity contribution in [1.29, 1.82) is 0 Å². The van der Waals surface area contributed by atoms with Gasteiger partial charge in [0.25, 0.3) is 0 Å². The normalized spacial score (nSPS) is 15.8. The zero-order valence-corrected chi connectivity index (χ0v) is 7.97. The summed E-state index contributed by atoms with van der Waals surface area (Å²) in [6.45, 7) is 0. The Morgan fingerprint density at radius 2 is 2.00 bits per heavy atom. The molecule has 1 aromatic rings. The lowest BCUT2D eigenvalue weighted by Gasteiger charge is -2.04. The first-order chi connectivity index (χ1) is 6.09. The van der Waals surface area contributed by atoms with E-state index in [9.17, 15) is 8.42 Å². The Morgan fingerprint density at radius 1 is 1.23 bits per heavy atom. The van der Waals surface area contributed by atoms with Gasteiger partial charge in [-0.15, -0.1) is 0 Å². The quantitative estimate of drug-likeness (QED) is 0.724. The maximum atomic E-state index is 11.2. The molecule has 1 aromatic carbocycles. The van der Waals surface area contributed by atoms with Crippen LogP contribution >= 0.6 is 0 Å². The smallest absolute Gasteiger partial charge is 0.225 e. The first-order valence-electron chi connectivity index (χ1n) is 4.22. The Morgan fingerprint density at radius 3 is 2.69 bits per heavy atom. The van der Waals surface area contributed by atoms with E-state index < -0.39 is 10.0 Å². The van der Waals surface area contributed by atoms with E-state index in [2.05, 4.69) is 0 Å². The fourth-order valence-electron chi connectivity index (χ4n) is 1.85. The van der Waals surface area contributed by atoms with Crippen molar-refractivity contribution in [2.24, 2.45) is 5.14 Å². The molecule has 2 rings (SSSR count). The summed E-state index contributed by atoms with van der Waals surface area (Å²) in [5.74, 6) is 0. The number of sulfonamides is 1. The monoisotopic (exact) mass is 197 g/mol.